The number of hydrogen-bond donors (Lipinski definition) is 2. The molecular formula is C26H16F5N5O2. The summed E-state index contributed by atoms with van der Waals surface area (Å²) in [7, 11) is 0. The summed E-state index contributed by atoms with van der Waals surface area (Å²) in [6.45, 7) is -0.377. The number of amides is 1. The van der Waals surface area contributed by atoms with E-state index in [9.17, 15) is 31.9 Å². The van der Waals surface area contributed by atoms with E-state index in [1.54, 1.807) is 12.3 Å². The minimum absolute atomic E-state index is 0.0700. The molecule has 2 N–H and O–H groups in total. The highest BCUT2D eigenvalue weighted by atomic mass is 19.4. The number of benzene rings is 2. The Morgan fingerprint density at radius 2 is 1.68 bits per heavy atom. The molecule has 0 saturated heterocycles. The van der Waals surface area contributed by atoms with Crippen molar-refractivity contribution in [2.45, 2.75) is 12.8 Å². The van der Waals surface area contributed by atoms with Gasteiger partial charge in [-0.2, -0.15) is 13.2 Å². The summed E-state index contributed by atoms with van der Waals surface area (Å²) in [4.78, 5) is 25.2. The van der Waals surface area contributed by atoms with Gasteiger partial charge in [0.2, 0.25) is 0 Å². The second-order valence-electron chi connectivity index (χ2n) is 8.11. The third-order valence-corrected chi connectivity index (χ3v) is 5.78. The van der Waals surface area contributed by atoms with Crippen molar-refractivity contribution in [1.29, 1.82) is 0 Å². The molecule has 192 valence electrons. The van der Waals surface area contributed by atoms with Gasteiger partial charge in [-0.3, -0.25) is 9.20 Å². The molecule has 0 bridgehead atoms. The average molecular weight is 525 g/mol. The molecule has 0 fully saturated rings. The van der Waals surface area contributed by atoms with E-state index in [0.29, 0.717) is 16.8 Å². The fraction of sp³-hybridized carbons (Fsp3) is 0.0769. The first-order valence-electron chi connectivity index (χ1n) is 11.0. The van der Waals surface area contributed by atoms with Gasteiger partial charge in [-0.05, 0) is 42.0 Å². The molecule has 0 saturated carbocycles. The molecule has 0 spiro atoms. The Labute approximate surface area is 211 Å². The Kier molecular flexibility index (Phi) is 6.33. The lowest BCUT2D eigenvalue weighted by molar-refractivity contribution is -0.137. The molecule has 0 atom stereocenters. The lowest BCUT2D eigenvalue weighted by Gasteiger charge is -2.16. The molecule has 7 nitrogen and oxygen atoms in total. The third-order valence-electron chi connectivity index (χ3n) is 5.78. The number of anilines is 1. The fourth-order valence-corrected chi connectivity index (χ4v) is 4.00. The Morgan fingerprint density at radius 1 is 0.974 bits per heavy atom. The molecule has 1 amide bonds. The van der Waals surface area contributed by atoms with Gasteiger partial charge >= 0.3 is 6.18 Å². The topological polar surface area (TPSA) is 92.4 Å². The van der Waals surface area contributed by atoms with Gasteiger partial charge in [0.1, 0.15) is 11.6 Å². The molecule has 5 aromatic rings. The summed E-state index contributed by atoms with van der Waals surface area (Å²) in [5.74, 6) is -3.32. The Bertz CT molecular complexity index is 1650. The number of hydrogen-bond acceptors (Lipinski definition) is 5. The van der Waals surface area contributed by atoms with Crippen LogP contribution in [0, 0.1) is 11.6 Å². The number of fused-ring (bicyclic) bond motifs is 1. The van der Waals surface area contributed by atoms with E-state index in [2.05, 4.69) is 20.3 Å². The van der Waals surface area contributed by atoms with Crippen LogP contribution in [0.25, 0.3) is 28.2 Å². The van der Waals surface area contributed by atoms with Crippen LogP contribution in [0.5, 0.6) is 0 Å². The van der Waals surface area contributed by atoms with Crippen LogP contribution in [0.2, 0.25) is 0 Å². The Morgan fingerprint density at radius 3 is 2.34 bits per heavy atom. The van der Waals surface area contributed by atoms with Crippen LogP contribution in [0.15, 0.2) is 73.3 Å². The number of alkyl halides is 3. The lowest BCUT2D eigenvalue weighted by atomic mass is 10.0. The molecule has 3 heterocycles. The summed E-state index contributed by atoms with van der Waals surface area (Å²) >= 11 is 0. The quantitative estimate of drug-likeness (QED) is 0.296. The standard InChI is InChI=1S/C26H16F5N5O2/c27-15-4-2-14(3-5-15)17-6-9-36-16(13-37)12-34-24(36)22(17)35-25(38)19-10-18(23-32-7-1-8-33-23)20(11-21(19)28)26(29,30)31/h1-12,37H,13H2,(H,35,38). The fourth-order valence-electron chi connectivity index (χ4n) is 4.00. The molecule has 0 radical (unpaired) electrons. The normalized spacial score (nSPS) is 11.6. The summed E-state index contributed by atoms with van der Waals surface area (Å²) in [6, 6.07) is 9.26. The number of nitrogens with zero attached hydrogens (tertiary/aromatic N) is 4. The first kappa shape index (κ1) is 25.0. The van der Waals surface area contributed by atoms with Crippen LogP contribution >= 0.6 is 0 Å². The van der Waals surface area contributed by atoms with Gasteiger partial charge in [0, 0.05) is 29.7 Å². The number of carbonyl (C=O) groups excluding carboxylic acids is 1. The minimum Gasteiger partial charge on any atom is -0.390 e. The van der Waals surface area contributed by atoms with E-state index in [-0.39, 0.29) is 29.8 Å². The van der Waals surface area contributed by atoms with Crippen molar-refractivity contribution in [3.05, 3.63) is 102 Å². The number of nitrogens with one attached hydrogen (secondary N) is 1. The van der Waals surface area contributed by atoms with Crippen molar-refractivity contribution in [2.24, 2.45) is 0 Å². The van der Waals surface area contributed by atoms with Crippen LogP contribution < -0.4 is 5.32 Å². The molecule has 0 unspecified atom stereocenters. The van der Waals surface area contributed by atoms with E-state index < -0.39 is 40.4 Å². The second kappa shape index (κ2) is 9.63. The van der Waals surface area contributed by atoms with Crippen LogP contribution in [-0.2, 0) is 12.8 Å². The van der Waals surface area contributed by atoms with E-state index in [1.807, 2.05) is 0 Å². The van der Waals surface area contributed by atoms with Crippen molar-refractivity contribution in [3.8, 4) is 22.5 Å². The van der Waals surface area contributed by atoms with Crippen molar-refractivity contribution >= 4 is 17.2 Å². The minimum atomic E-state index is -4.94. The maximum absolute atomic E-state index is 15.0. The molecule has 0 aliphatic carbocycles. The van der Waals surface area contributed by atoms with E-state index in [0.717, 1.165) is 6.07 Å². The molecule has 5 rings (SSSR count). The van der Waals surface area contributed by atoms with E-state index in [1.165, 1.54) is 53.3 Å². The molecule has 38 heavy (non-hydrogen) atoms. The van der Waals surface area contributed by atoms with Gasteiger partial charge in [-0.15, -0.1) is 0 Å². The SMILES string of the molecule is O=C(Nc1c(-c2ccc(F)cc2)ccn2c(CO)cnc12)c1cc(-c2ncccn2)c(C(F)(F)F)cc1F. The van der Waals surface area contributed by atoms with Crippen molar-refractivity contribution in [1.82, 2.24) is 19.4 Å². The monoisotopic (exact) mass is 525 g/mol. The summed E-state index contributed by atoms with van der Waals surface area (Å²) < 4.78 is 71.1. The number of rotatable bonds is 5. The summed E-state index contributed by atoms with van der Waals surface area (Å²) in [5, 5.41) is 12.2. The number of aliphatic hydroxyl groups excluding tert-OH is 1. The van der Waals surface area contributed by atoms with Gasteiger partial charge in [-0.25, -0.2) is 23.7 Å². The van der Waals surface area contributed by atoms with Crippen LogP contribution in [0.4, 0.5) is 27.6 Å². The molecular weight excluding hydrogens is 509 g/mol. The van der Waals surface area contributed by atoms with E-state index in [4.69, 9.17) is 0 Å². The first-order chi connectivity index (χ1) is 18.2. The van der Waals surface area contributed by atoms with Crippen molar-refractivity contribution in [2.75, 3.05) is 5.32 Å². The lowest BCUT2D eigenvalue weighted by Crippen LogP contribution is -2.18. The predicted molar refractivity (Wildman–Crippen MR) is 127 cm³/mol. The maximum Gasteiger partial charge on any atom is 0.417 e. The van der Waals surface area contributed by atoms with E-state index >= 15 is 0 Å². The van der Waals surface area contributed by atoms with Crippen molar-refractivity contribution in [3.63, 3.8) is 0 Å². The van der Waals surface area contributed by atoms with Gasteiger partial charge < -0.3 is 10.4 Å². The number of pyridine rings is 1. The summed E-state index contributed by atoms with van der Waals surface area (Å²) in [5.41, 5.74) is -1.14. The maximum atomic E-state index is 15.0. The zero-order valence-corrected chi connectivity index (χ0v) is 19.2. The zero-order chi connectivity index (χ0) is 27.0. The molecule has 0 aliphatic rings. The van der Waals surface area contributed by atoms with Gasteiger partial charge in [0.05, 0.1) is 35.3 Å². The summed E-state index contributed by atoms with van der Waals surface area (Å²) in [6.07, 6.45) is 0.438. The van der Waals surface area contributed by atoms with Gasteiger partial charge in [0.15, 0.2) is 11.5 Å². The largest absolute Gasteiger partial charge is 0.417 e. The number of aromatic nitrogens is 4. The molecule has 0 aliphatic heterocycles. The number of halogens is 5. The Hall–Kier alpha value is -4.71. The molecule has 2 aromatic carbocycles. The number of aliphatic hydroxyl groups is 1. The zero-order valence-electron chi connectivity index (χ0n) is 19.2. The predicted octanol–water partition coefficient (Wildman–Crippen LogP) is 5.50. The van der Waals surface area contributed by atoms with Crippen molar-refractivity contribution < 1.29 is 31.9 Å². The van der Waals surface area contributed by atoms with Crippen LogP contribution in [0.3, 0.4) is 0 Å². The van der Waals surface area contributed by atoms with Gasteiger partial charge in [-0.1, -0.05) is 12.1 Å². The van der Waals surface area contributed by atoms with Crippen LogP contribution in [0.1, 0.15) is 21.6 Å². The number of carbonyl (C=O) groups is 1. The third kappa shape index (κ3) is 4.57. The smallest absolute Gasteiger partial charge is 0.390 e. The van der Waals surface area contributed by atoms with Gasteiger partial charge in [0.25, 0.3) is 5.91 Å². The molecule has 3 aromatic heterocycles. The highest BCUT2D eigenvalue weighted by molar-refractivity contribution is 6.09. The second-order valence-corrected chi connectivity index (χ2v) is 8.11. The van der Waals surface area contributed by atoms with Crippen LogP contribution in [-0.4, -0.2) is 30.4 Å². The number of imidazole rings is 1. The highest BCUT2D eigenvalue weighted by Crippen LogP contribution is 2.38. The average Bonchev–Trinajstić information content (AvgIpc) is 3.33. The Balaban J connectivity index is 1.65. The molecule has 12 heteroatoms. The highest BCUT2D eigenvalue weighted by Gasteiger charge is 2.36. The first-order valence-corrected chi connectivity index (χ1v) is 11.0.